The van der Waals surface area contributed by atoms with Crippen LogP contribution in [0.15, 0.2) is 44.6 Å². The van der Waals surface area contributed by atoms with Crippen LogP contribution >= 0.6 is 27.7 Å². The molecule has 1 heterocycles. The fraction of sp³-hybridized carbons (Fsp3) is 0.125. The number of Topliss-reactive ketones (excluding diaryl/α,β-unsaturated/α-hetero) is 1. The molecule has 3 rings (SSSR count). The molecule has 0 fully saturated rings. The number of carbonyl (C=O) groups is 2. The number of fused-ring (bicyclic) bond motifs is 2. The van der Waals surface area contributed by atoms with E-state index in [2.05, 4.69) is 15.9 Å². The van der Waals surface area contributed by atoms with Crippen molar-refractivity contribution in [1.29, 1.82) is 0 Å². The number of carboxylic acid groups (broad SMARTS) is 1. The summed E-state index contributed by atoms with van der Waals surface area (Å²) in [5.41, 5.74) is 2.39. The number of carbonyl (C=O) groups excluding carboxylic acids is 1. The summed E-state index contributed by atoms with van der Waals surface area (Å²) in [5, 5.41) is 9.29. The average Bonchev–Trinajstić information content (AvgIpc) is 2.60. The third-order valence-electron chi connectivity index (χ3n) is 3.59. The molecule has 0 unspecified atom stereocenters. The topological polar surface area (TPSA) is 54.4 Å². The number of hydrogen-bond donors (Lipinski definition) is 1. The second kappa shape index (κ2) is 5.31. The number of aromatic carboxylic acids is 1. The normalized spacial score (nSPS) is 13.3. The Morgan fingerprint density at radius 2 is 2.05 bits per heavy atom. The highest BCUT2D eigenvalue weighted by Gasteiger charge is 2.25. The molecule has 1 N–H and O–H groups in total. The first-order valence-corrected chi connectivity index (χ1v) is 7.95. The number of hydrogen-bond acceptors (Lipinski definition) is 3. The molecule has 0 atom stereocenters. The van der Waals surface area contributed by atoms with Gasteiger partial charge in [0.2, 0.25) is 0 Å². The van der Waals surface area contributed by atoms with E-state index >= 15 is 0 Å². The van der Waals surface area contributed by atoms with Crippen molar-refractivity contribution >= 4 is 39.4 Å². The van der Waals surface area contributed by atoms with Crippen molar-refractivity contribution in [3.8, 4) is 0 Å². The predicted molar refractivity (Wildman–Crippen MR) is 84.4 cm³/mol. The van der Waals surface area contributed by atoms with Gasteiger partial charge in [0.15, 0.2) is 5.78 Å². The molecular formula is C16H11BrO3S. The van der Waals surface area contributed by atoms with Crippen LogP contribution in [0.4, 0.5) is 0 Å². The van der Waals surface area contributed by atoms with E-state index in [1.807, 2.05) is 24.3 Å². The Balaban J connectivity index is 2.26. The number of halogens is 1. The maximum Gasteiger partial charge on any atom is 0.336 e. The monoisotopic (exact) mass is 362 g/mol. The largest absolute Gasteiger partial charge is 0.478 e. The predicted octanol–water partition coefficient (Wildman–Crippen LogP) is 4.35. The molecule has 0 aliphatic carbocycles. The summed E-state index contributed by atoms with van der Waals surface area (Å²) in [6.07, 6.45) is 0.227. The summed E-state index contributed by atoms with van der Waals surface area (Å²) in [5.74, 6) is -0.954. The molecule has 21 heavy (non-hydrogen) atoms. The zero-order valence-electron chi connectivity index (χ0n) is 11.1. The molecule has 0 radical (unpaired) electrons. The van der Waals surface area contributed by atoms with E-state index in [1.165, 1.54) is 11.8 Å². The van der Waals surface area contributed by atoms with Crippen LogP contribution in [0.2, 0.25) is 0 Å². The van der Waals surface area contributed by atoms with Crippen molar-refractivity contribution in [3.63, 3.8) is 0 Å². The Labute approximate surface area is 134 Å². The van der Waals surface area contributed by atoms with Crippen LogP contribution in [-0.2, 0) is 6.42 Å². The molecule has 2 aromatic carbocycles. The van der Waals surface area contributed by atoms with E-state index < -0.39 is 5.97 Å². The van der Waals surface area contributed by atoms with Gasteiger partial charge in [0.25, 0.3) is 0 Å². The zero-order chi connectivity index (χ0) is 15.1. The van der Waals surface area contributed by atoms with Crippen LogP contribution in [0.25, 0.3) is 0 Å². The van der Waals surface area contributed by atoms with Crippen LogP contribution in [0.5, 0.6) is 0 Å². The van der Waals surface area contributed by atoms with Crippen LogP contribution in [0, 0.1) is 6.92 Å². The summed E-state index contributed by atoms with van der Waals surface area (Å²) >= 11 is 4.95. The summed E-state index contributed by atoms with van der Waals surface area (Å²) in [4.78, 5) is 25.6. The van der Waals surface area contributed by atoms with Crippen molar-refractivity contribution in [2.75, 3.05) is 0 Å². The molecule has 1 aliphatic rings. The highest BCUT2D eigenvalue weighted by Crippen LogP contribution is 2.43. The van der Waals surface area contributed by atoms with Gasteiger partial charge in [-0.3, -0.25) is 4.79 Å². The van der Waals surface area contributed by atoms with Gasteiger partial charge in [-0.1, -0.05) is 30.0 Å². The van der Waals surface area contributed by atoms with Crippen molar-refractivity contribution in [3.05, 3.63) is 57.1 Å². The second-order valence-electron chi connectivity index (χ2n) is 4.84. The van der Waals surface area contributed by atoms with Crippen LogP contribution in [-0.4, -0.2) is 16.9 Å². The van der Waals surface area contributed by atoms with Crippen LogP contribution in [0.3, 0.4) is 0 Å². The summed E-state index contributed by atoms with van der Waals surface area (Å²) in [6.45, 7) is 1.76. The quantitative estimate of drug-likeness (QED) is 0.819. The van der Waals surface area contributed by atoms with E-state index in [4.69, 9.17) is 0 Å². The van der Waals surface area contributed by atoms with Crippen LogP contribution in [0.1, 0.15) is 31.8 Å². The first-order chi connectivity index (χ1) is 9.99. The lowest BCUT2D eigenvalue weighted by Gasteiger charge is -2.13. The highest BCUT2D eigenvalue weighted by atomic mass is 79.9. The SMILES string of the molecule is Cc1c(C(=O)O)cc(Br)c2c1CC(=O)c1ccccc1S2. The fourth-order valence-corrected chi connectivity index (χ4v) is 4.35. The molecule has 2 aromatic rings. The van der Waals surface area contributed by atoms with Gasteiger partial charge in [-0.2, -0.15) is 0 Å². The number of benzene rings is 2. The van der Waals surface area contributed by atoms with Gasteiger partial charge in [0.1, 0.15) is 0 Å². The van der Waals surface area contributed by atoms with Crippen molar-refractivity contribution < 1.29 is 14.7 Å². The first-order valence-electron chi connectivity index (χ1n) is 6.34. The summed E-state index contributed by atoms with van der Waals surface area (Å²) in [7, 11) is 0. The van der Waals surface area contributed by atoms with E-state index in [-0.39, 0.29) is 17.8 Å². The third kappa shape index (κ3) is 2.40. The average molecular weight is 363 g/mol. The molecule has 0 amide bonds. The number of rotatable bonds is 1. The smallest absolute Gasteiger partial charge is 0.336 e. The minimum atomic E-state index is -0.977. The standard InChI is InChI=1S/C16H11BrO3S/c1-8-10-7-13(18)9-4-2-3-5-14(9)21-15(10)12(17)6-11(8)16(19)20/h2-6H,7H2,1H3,(H,19,20). The molecule has 3 nitrogen and oxygen atoms in total. The van der Waals surface area contributed by atoms with Crippen LogP contribution < -0.4 is 0 Å². The van der Waals surface area contributed by atoms with E-state index in [0.29, 0.717) is 11.1 Å². The molecular weight excluding hydrogens is 352 g/mol. The van der Waals surface area contributed by atoms with Gasteiger partial charge in [-0.05, 0) is 46.1 Å². The second-order valence-corrected chi connectivity index (χ2v) is 6.75. The summed E-state index contributed by atoms with van der Waals surface area (Å²) < 4.78 is 0.718. The molecule has 0 saturated carbocycles. The minimum Gasteiger partial charge on any atom is -0.478 e. The molecule has 0 bridgehead atoms. The van der Waals surface area contributed by atoms with Gasteiger partial charge in [0, 0.05) is 26.2 Å². The lowest BCUT2D eigenvalue weighted by molar-refractivity contribution is 0.0695. The maximum absolute atomic E-state index is 12.4. The number of ketones is 1. The van der Waals surface area contributed by atoms with E-state index in [1.54, 1.807) is 13.0 Å². The fourth-order valence-electron chi connectivity index (χ4n) is 2.47. The van der Waals surface area contributed by atoms with Gasteiger partial charge in [-0.15, -0.1) is 0 Å². The van der Waals surface area contributed by atoms with E-state index in [0.717, 1.165) is 19.8 Å². The Morgan fingerprint density at radius 3 is 2.76 bits per heavy atom. The summed E-state index contributed by atoms with van der Waals surface area (Å²) in [6, 6.07) is 9.09. The lowest BCUT2D eigenvalue weighted by atomic mass is 9.96. The van der Waals surface area contributed by atoms with Crippen molar-refractivity contribution in [1.82, 2.24) is 0 Å². The van der Waals surface area contributed by atoms with Crippen molar-refractivity contribution in [2.24, 2.45) is 0 Å². The maximum atomic E-state index is 12.4. The Hall–Kier alpha value is -1.59. The third-order valence-corrected chi connectivity index (χ3v) is 5.72. The first kappa shape index (κ1) is 14.4. The molecule has 1 aliphatic heterocycles. The number of carboxylic acids is 1. The van der Waals surface area contributed by atoms with Gasteiger partial charge in [-0.25, -0.2) is 4.79 Å². The molecule has 106 valence electrons. The Kier molecular flexibility index (Phi) is 3.63. The van der Waals surface area contributed by atoms with Gasteiger partial charge < -0.3 is 5.11 Å². The minimum absolute atomic E-state index is 0.0226. The Morgan fingerprint density at radius 1 is 1.33 bits per heavy atom. The molecule has 0 aromatic heterocycles. The van der Waals surface area contributed by atoms with Gasteiger partial charge in [0.05, 0.1) is 5.56 Å². The lowest BCUT2D eigenvalue weighted by Crippen LogP contribution is -2.08. The Bertz CT molecular complexity index is 783. The van der Waals surface area contributed by atoms with Crippen molar-refractivity contribution in [2.45, 2.75) is 23.1 Å². The molecule has 5 heteroatoms. The molecule has 0 saturated heterocycles. The molecule has 0 spiro atoms. The van der Waals surface area contributed by atoms with E-state index in [9.17, 15) is 14.7 Å². The zero-order valence-corrected chi connectivity index (χ0v) is 13.5. The van der Waals surface area contributed by atoms with Gasteiger partial charge >= 0.3 is 5.97 Å². The highest BCUT2D eigenvalue weighted by molar-refractivity contribution is 9.10.